The van der Waals surface area contributed by atoms with Crippen molar-refractivity contribution in [2.24, 2.45) is 0 Å². The van der Waals surface area contributed by atoms with Gasteiger partial charge in [0.05, 0.1) is 11.0 Å². The van der Waals surface area contributed by atoms with E-state index in [1.54, 1.807) is 6.92 Å². The first-order valence-electron chi connectivity index (χ1n) is 8.45. The van der Waals surface area contributed by atoms with Crippen LogP contribution in [0.25, 0.3) is 0 Å². The molecule has 1 aromatic heterocycles. The van der Waals surface area contributed by atoms with Crippen molar-refractivity contribution in [3.05, 3.63) is 93.9 Å². The molecule has 1 aliphatic rings. The maximum absolute atomic E-state index is 11.9. The minimum absolute atomic E-state index is 0.0411. The summed E-state index contributed by atoms with van der Waals surface area (Å²) in [6.45, 7) is 3.44. The van der Waals surface area contributed by atoms with E-state index in [1.165, 1.54) is 11.1 Å². The highest BCUT2D eigenvalue weighted by Crippen LogP contribution is 2.64. The molecule has 0 saturated heterocycles. The molecule has 3 aromatic rings. The Morgan fingerprint density at radius 1 is 1.12 bits per heavy atom. The lowest BCUT2D eigenvalue weighted by Crippen LogP contribution is -2.11. The Balaban J connectivity index is 1.83. The van der Waals surface area contributed by atoms with E-state index in [0.29, 0.717) is 17.2 Å². The highest BCUT2D eigenvalue weighted by molar-refractivity contribution is 6.30. The molecular weight excluding hydrogens is 332 g/mol. The summed E-state index contributed by atoms with van der Waals surface area (Å²) >= 11 is 6.04. The standard InChI is InChI=1S/C22H19ClO2/c1-14(24)19-12-21(25-15(19)2)22(17-6-4-3-5-7-17)13-20(22)16-8-10-18(23)11-9-16/h3-12,20H,13H2,1-2H3/t20?,22-/m0/s1. The van der Waals surface area contributed by atoms with Crippen molar-refractivity contribution >= 4 is 17.4 Å². The molecule has 0 amide bonds. The third kappa shape index (κ3) is 2.61. The number of hydrogen-bond donors (Lipinski definition) is 0. The third-order valence-electron chi connectivity index (χ3n) is 5.26. The number of benzene rings is 2. The highest BCUT2D eigenvalue weighted by Gasteiger charge is 2.59. The fourth-order valence-electron chi connectivity index (χ4n) is 3.88. The average molecular weight is 351 g/mol. The van der Waals surface area contributed by atoms with Gasteiger partial charge in [0.2, 0.25) is 0 Å². The Labute approximate surface area is 152 Å². The summed E-state index contributed by atoms with van der Waals surface area (Å²) < 4.78 is 6.09. The molecule has 126 valence electrons. The van der Waals surface area contributed by atoms with Gasteiger partial charge in [0.15, 0.2) is 5.78 Å². The summed E-state index contributed by atoms with van der Waals surface area (Å²) in [6.07, 6.45) is 0.961. The van der Waals surface area contributed by atoms with Crippen LogP contribution in [0.15, 0.2) is 65.1 Å². The van der Waals surface area contributed by atoms with Crippen molar-refractivity contribution in [3.8, 4) is 0 Å². The van der Waals surface area contributed by atoms with E-state index in [1.807, 2.05) is 31.2 Å². The van der Waals surface area contributed by atoms with Crippen LogP contribution in [0.2, 0.25) is 5.02 Å². The van der Waals surface area contributed by atoms with E-state index in [0.717, 1.165) is 17.2 Å². The molecule has 0 spiro atoms. The molecular formula is C22H19ClO2. The van der Waals surface area contributed by atoms with Crippen LogP contribution in [-0.2, 0) is 5.41 Å². The summed E-state index contributed by atoms with van der Waals surface area (Å²) in [4.78, 5) is 11.9. The van der Waals surface area contributed by atoms with Crippen LogP contribution in [0.5, 0.6) is 0 Å². The van der Waals surface area contributed by atoms with Gasteiger partial charge in [-0.1, -0.05) is 54.1 Å². The molecule has 2 atom stereocenters. The van der Waals surface area contributed by atoms with E-state index < -0.39 is 0 Å². The molecule has 1 heterocycles. The van der Waals surface area contributed by atoms with Gasteiger partial charge in [0.1, 0.15) is 11.5 Å². The van der Waals surface area contributed by atoms with Crippen LogP contribution < -0.4 is 0 Å². The highest BCUT2D eigenvalue weighted by atomic mass is 35.5. The molecule has 0 N–H and O–H groups in total. The summed E-state index contributed by atoms with van der Waals surface area (Å²) in [5.74, 6) is 1.93. The zero-order chi connectivity index (χ0) is 17.6. The SMILES string of the molecule is CC(=O)c1cc([C@]2(c3ccccc3)CC2c2ccc(Cl)cc2)oc1C. The summed E-state index contributed by atoms with van der Waals surface area (Å²) in [7, 11) is 0. The van der Waals surface area contributed by atoms with Gasteiger partial charge in [0, 0.05) is 10.9 Å². The van der Waals surface area contributed by atoms with Crippen LogP contribution in [0, 0.1) is 6.92 Å². The fourth-order valence-corrected chi connectivity index (χ4v) is 4.01. The van der Waals surface area contributed by atoms with Gasteiger partial charge in [-0.15, -0.1) is 0 Å². The van der Waals surface area contributed by atoms with Gasteiger partial charge >= 0.3 is 0 Å². The number of Topliss-reactive ketones (excluding diaryl/α,β-unsaturated/α-hetero) is 1. The molecule has 0 bridgehead atoms. The molecule has 1 fully saturated rings. The molecule has 2 nitrogen and oxygen atoms in total. The largest absolute Gasteiger partial charge is 0.465 e. The normalized spacial score (nSPS) is 22.0. The van der Waals surface area contributed by atoms with Crippen molar-refractivity contribution in [2.75, 3.05) is 0 Å². The molecule has 2 aromatic carbocycles. The van der Waals surface area contributed by atoms with Crippen LogP contribution in [0.4, 0.5) is 0 Å². The average Bonchev–Trinajstić information content (AvgIpc) is 3.24. The lowest BCUT2D eigenvalue weighted by atomic mass is 9.88. The Bertz CT molecular complexity index is 924. The van der Waals surface area contributed by atoms with Crippen molar-refractivity contribution in [1.29, 1.82) is 0 Å². The molecule has 25 heavy (non-hydrogen) atoms. The predicted molar refractivity (Wildman–Crippen MR) is 99.5 cm³/mol. The number of furan rings is 1. The number of carbonyl (C=O) groups excluding carboxylic acids is 1. The van der Waals surface area contributed by atoms with E-state index in [2.05, 4.69) is 36.4 Å². The Morgan fingerprint density at radius 2 is 1.80 bits per heavy atom. The second-order valence-electron chi connectivity index (χ2n) is 6.78. The zero-order valence-corrected chi connectivity index (χ0v) is 15.0. The molecule has 0 radical (unpaired) electrons. The second-order valence-corrected chi connectivity index (χ2v) is 7.22. The first-order valence-corrected chi connectivity index (χ1v) is 8.83. The van der Waals surface area contributed by atoms with Gasteiger partial charge < -0.3 is 4.42 Å². The fraction of sp³-hybridized carbons (Fsp3) is 0.227. The lowest BCUT2D eigenvalue weighted by Gasteiger charge is -2.16. The van der Waals surface area contributed by atoms with E-state index >= 15 is 0 Å². The van der Waals surface area contributed by atoms with Crippen LogP contribution >= 0.6 is 11.6 Å². The Morgan fingerprint density at radius 3 is 2.40 bits per heavy atom. The van der Waals surface area contributed by atoms with Crippen molar-refractivity contribution in [2.45, 2.75) is 31.6 Å². The van der Waals surface area contributed by atoms with E-state index in [4.69, 9.17) is 16.0 Å². The number of ketones is 1. The van der Waals surface area contributed by atoms with Crippen LogP contribution in [0.1, 0.15) is 52.3 Å². The monoisotopic (exact) mass is 350 g/mol. The van der Waals surface area contributed by atoms with Gasteiger partial charge in [-0.3, -0.25) is 4.79 Å². The number of carbonyl (C=O) groups is 1. The second kappa shape index (κ2) is 5.89. The minimum atomic E-state index is -0.215. The number of halogens is 1. The van der Waals surface area contributed by atoms with E-state index in [-0.39, 0.29) is 11.2 Å². The van der Waals surface area contributed by atoms with Crippen LogP contribution in [0.3, 0.4) is 0 Å². The van der Waals surface area contributed by atoms with Crippen molar-refractivity contribution in [1.82, 2.24) is 0 Å². The number of hydrogen-bond acceptors (Lipinski definition) is 2. The quantitative estimate of drug-likeness (QED) is 0.547. The summed E-state index contributed by atoms with van der Waals surface area (Å²) in [6, 6.07) is 20.4. The van der Waals surface area contributed by atoms with Crippen LogP contribution in [-0.4, -0.2) is 5.78 Å². The maximum atomic E-state index is 11.9. The maximum Gasteiger partial charge on any atom is 0.163 e. The smallest absolute Gasteiger partial charge is 0.163 e. The third-order valence-corrected chi connectivity index (χ3v) is 5.51. The Kier molecular flexibility index (Phi) is 3.81. The molecule has 1 unspecified atom stereocenters. The number of aryl methyl sites for hydroxylation is 1. The minimum Gasteiger partial charge on any atom is -0.465 e. The predicted octanol–water partition coefficient (Wildman–Crippen LogP) is 5.92. The zero-order valence-electron chi connectivity index (χ0n) is 14.3. The van der Waals surface area contributed by atoms with E-state index in [9.17, 15) is 4.79 Å². The van der Waals surface area contributed by atoms with Crippen molar-refractivity contribution < 1.29 is 9.21 Å². The van der Waals surface area contributed by atoms with Gasteiger partial charge in [-0.2, -0.15) is 0 Å². The van der Waals surface area contributed by atoms with Crippen molar-refractivity contribution in [3.63, 3.8) is 0 Å². The topological polar surface area (TPSA) is 30.2 Å². The first kappa shape index (κ1) is 16.2. The first-order chi connectivity index (χ1) is 12.0. The summed E-state index contributed by atoms with van der Waals surface area (Å²) in [5.41, 5.74) is 2.92. The van der Waals surface area contributed by atoms with Gasteiger partial charge in [0.25, 0.3) is 0 Å². The molecule has 1 aliphatic carbocycles. The Hall–Kier alpha value is -2.32. The van der Waals surface area contributed by atoms with Gasteiger partial charge in [-0.05, 0) is 49.6 Å². The lowest BCUT2D eigenvalue weighted by molar-refractivity contribution is 0.101. The molecule has 0 aliphatic heterocycles. The summed E-state index contributed by atoms with van der Waals surface area (Å²) in [5, 5.41) is 0.738. The molecule has 4 rings (SSSR count). The number of rotatable bonds is 4. The molecule has 3 heteroatoms. The van der Waals surface area contributed by atoms with Gasteiger partial charge in [-0.25, -0.2) is 0 Å². The molecule has 1 saturated carbocycles.